The Morgan fingerprint density at radius 3 is 2.38 bits per heavy atom. The van der Waals surface area contributed by atoms with Gasteiger partial charge in [-0.25, -0.2) is 0 Å². The molecule has 132 valence electrons. The van der Waals surface area contributed by atoms with Crippen LogP contribution in [0.1, 0.15) is 44.1 Å². The fraction of sp³-hybridized carbons (Fsp3) is 0.579. The van der Waals surface area contributed by atoms with E-state index < -0.39 is 5.97 Å². The van der Waals surface area contributed by atoms with E-state index in [-0.39, 0.29) is 11.8 Å². The first-order valence-corrected chi connectivity index (χ1v) is 8.73. The van der Waals surface area contributed by atoms with Crippen molar-refractivity contribution in [3.63, 3.8) is 0 Å². The van der Waals surface area contributed by atoms with Crippen LogP contribution in [0.25, 0.3) is 0 Å². The summed E-state index contributed by atoms with van der Waals surface area (Å²) in [5, 5.41) is 8.98. The van der Waals surface area contributed by atoms with E-state index >= 15 is 0 Å². The SMILES string of the molecule is COc1ccc(CCCCCC(=O)N2CCC(C(=O)O)CC2)cc1. The van der Waals surface area contributed by atoms with Crippen LogP contribution in [-0.2, 0) is 16.0 Å². The van der Waals surface area contributed by atoms with Crippen LogP contribution < -0.4 is 4.74 Å². The first-order chi connectivity index (χ1) is 11.6. The van der Waals surface area contributed by atoms with E-state index in [2.05, 4.69) is 12.1 Å². The number of ether oxygens (including phenoxy) is 1. The van der Waals surface area contributed by atoms with E-state index in [0.29, 0.717) is 32.4 Å². The second-order valence-corrected chi connectivity index (χ2v) is 6.40. The maximum atomic E-state index is 12.1. The highest BCUT2D eigenvalue weighted by Gasteiger charge is 2.26. The number of likely N-dealkylation sites (tertiary alicyclic amines) is 1. The maximum Gasteiger partial charge on any atom is 0.306 e. The van der Waals surface area contributed by atoms with Crippen molar-refractivity contribution in [2.45, 2.75) is 44.9 Å². The number of carbonyl (C=O) groups is 2. The Morgan fingerprint density at radius 2 is 1.79 bits per heavy atom. The second-order valence-electron chi connectivity index (χ2n) is 6.40. The molecule has 1 aromatic carbocycles. The number of amides is 1. The Balaban J connectivity index is 1.58. The predicted molar refractivity (Wildman–Crippen MR) is 92.1 cm³/mol. The van der Waals surface area contributed by atoms with Gasteiger partial charge in [-0.1, -0.05) is 18.6 Å². The number of hydrogen-bond acceptors (Lipinski definition) is 3. The lowest BCUT2D eigenvalue weighted by molar-refractivity contribution is -0.145. The molecular formula is C19H27NO4. The van der Waals surface area contributed by atoms with Crippen LogP contribution in [0.2, 0.25) is 0 Å². The summed E-state index contributed by atoms with van der Waals surface area (Å²) in [5.41, 5.74) is 1.29. The Hall–Kier alpha value is -2.04. The number of aliphatic carboxylic acids is 1. The maximum absolute atomic E-state index is 12.1. The molecular weight excluding hydrogens is 306 g/mol. The molecule has 1 saturated heterocycles. The van der Waals surface area contributed by atoms with Crippen molar-refractivity contribution < 1.29 is 19.4 Å². The van der Waals surface area contributed by atoms with Crippen molar-refractivity contribution in [2.75, 3.05) is 20.2 Å². The van der Waals surface area contributed by atoms with Gasteiger partial charge < -0.3 is 14.7 Å². The number of nitrogens with zero attached hydrogens (tertiary/aromatic N) is 1. The summed E-state index contributed by atoms with van der Waals surface area (Å²) in [4.78, 5) is 24.9. The predicted octanol–water partition coefficient (Wildman–Crippen LogP) is 3.12. The molecule has 1 aliphatic rings. The Labute approximate surface area is 143 Å². The molecule has 24 heavy (non-hydrogen) atoms. The number of aryl methyl sites for hydroxylation is 1. The summed E-state index contributed by atoms with van der Waals surface area (Å²) in [6.07, 6.45) is 5.75. The Morgan fingerprint density at radius 1 is 1.12 bits per heavy atom. The highest BCUT2D eigenvalue weighted by molar-refractivity contribution is 5.77. The molecule has 1 aromatic rings. The topological polar surface area (TPSA) is 66.8 Å². The Kier molecular flexibility index (Phi) is 7.09. The van der Waals surface area contributed by atoms with Gasteiger partial charge in [0.1, 0.15) is 5.75 Å². The van der Waals surface area contributed by atoms with Crippen molar-refractivity contribution in [1.82, 2.24) is 4.90 Å². The molecule has 0 aromatic heterocycles. The number of unbranched alkanes of at least 4 members (excludes halogenated alkanes) is 2. The number of piperidine rings is 1. The third-order valence-corrected chi connectivity index (χ3v) is 4.71. The molecule has 0 bridgehead atoms. The van der Waals surface area contributed by atoms with Crippen LogP contribution >= 0.6 is 0 Å². The van der Waals surface area contributed by atoms with E-state index in [1.165, 1.54) is 5.56 Å². The van der Waals surface area contributed by atoms with Crippen LogP contribution in [0, 0.1) is 5.92 Å². The number of carboxylic acids is 1. The number of carbonyl (C=O) groups excluding carboxylic acids is 1. The van der Waals surface area contributed by atoms with Crippen molar-refractivity contribution in [1.29, 1.82) is 0 Å². The molecule has 1 fully saturated rings. The summed E-state index contributed by atoms with van der Waals surface area (Å²) < 4.78 is 5.14. The first-order valence-electron chi connectivity index (χ1n) is 8.73. The number of benzene rings is 1. The summed E-state index contributed by atoms with van der Waals surface area (Å²) in [6, 6.07) is 8.10. The van der Waals surface area contributed by atoms with Crippen molar-refractivity contribution in [2.24, 2.45) is 5.92 Å². The molecule has 1 N–H and O–H groups in total. The van der Waals surface area contributed by atoms with Gasteiger partial charge in [0.15, 0.2) is 0 Å². The van der Waals surface area contributed by atoms with E-state index in [1.54, 1.807) is 7.11 Å². The van der Waals surface area contributed by atoms with Gasteiger partial charge >= 0.3 is 5.97 Å². The smallest absolute Gasteiger partial charge is 0.306 e. The van der Waals surface area contributed by atoms with Gasteiger partial charge in [-0.15, -0.1) is 0 Å². The summed E-state index contributed by atoms with van der Waals surface area (Å²) in [7, 11) is 1.66. The molecule has 2 rings (SSSR count). The monoisotopic (exact) mass is 333 g/mol. The normalized spacial score (nSPS) is 15.3. The van der Waals surface area contributed by atoms with Gasteiger partial charge in [0.05, 0.1) is 13.0 Å². The highest BCUT2D eigenvalue weighted by Crippen LogP contribution is 2.19. The fourth-order valence-corrected chi connectivity index (χ4v) is 3.11. The molecule has 0 spiro atoms. The summed E-state index contributed by atoms with van der Waals surface area (Å²) >= 11 is 0. The lowest BCUT2D eigenvalue weighted by atomic mass is 9.97. The molecule has 1 amide bonds. The fourth-order valence-electron chi connectivity index (χ4n) is 3.11. The average Bonchev–Trinajstić information content (AvgIpc) is 2.62. The van der Waals surface area contributed by atoms with Crippen LogP contribution in [0.15, 0.2) is 24.3 Å². The standard InChI is InChI=1S/C19H27NO4/c1-24-17-9-7-15(8-10-17)5-3-2-4-6-18(21)20-13-11-16(12-14-20)19(22)23/h7-10,16H,2-6,11-14H2,1H3,(H,22,23). The quantitative estimate of drug-likeness (QED) is 0.742. The van der Waals surface area contributed by atoms with Gasteiger partial charge in [0, 0.05) is 19.5 Å². The molecule has 0 aliphatic carbocycles. The van der Waals surface area contributed by atoms with E-state index in [0.717, 1.165) is 31.4 Å². The molecule has 1 heterocycles. The molecule has 5 nitrogen and oxygen atoms in total. The number of methoxy groups -OCH3 is 1. The number of hydrogen-bond donors (Lipinski definition) is 1. The van der Waals surface area contributed by atoms with Crippen molar-refractivity contribution in [3.05, 3.63) is 29.8 Å². The molecule has 0 unspecified atom stereocenters. The van der Waals surface area contributed by atoms with Crippen molar-refractivity contribution in [3.8, 4) is 5.75 Å². The van der Waals surface area contributed by atoms with Crippen LogP contribution in [-0.4, -0.2) is 42.1 Å². The number of carboxylic acid groups (broad SMARTS) is 1. The third-order valence-electron chi connectivity index (χ3n) is 4.71. The summed E-state index contributed by atoms with van der Waals surface area (Å²) in [6.45, 7) is 1.17. The van der Waals surface area contributed by atoms with Crippen LogP contribution in [0.3, 0.4) is 0 Å². The minimum absolute atomic E-state index is 0.170. The lowest BCUT2D eigenvalue weighted by Crippen LogP contribution is -2.40. The largest absolute Gasteiger partial charge is 0.497 e. The number of rotatable bonds is 8. The molecule has 0 radical (unpaired) electrons. The lowest BCUT2D eigenvalue weighted by Gasteiger charge is -2.30. The van der Waals surface area contributed by atoms with Gasteiger partial charge in [0.2, 0.25) is 5.91 Å². The van der Waals surface area contributed by atoms with E-state index in [4.69, 9.17) is 9.84 Å². The molecule has 0 saturated carbocycles. The van der Waals surface area contributed by atoms with Crippen molar-refractivity contribution >= 4 is 11.9 Å². The van der Waals surface area contributed by atoms with Gasteiger partial charge in [-0.2, -0.15) is 0 Å². The van der Waals surface area contributed by atoms with Gasteiger partial charge in [0.25, 0.3) is 0 Å². The third kappa shape index (κ3) is 5.55. The molecule has 0 atom stereocenters. The second kappa shape index (κ2) is 9.30. The van der Waals surface area contributed by atoms with Gasteiger partial charge in [-0.3, -0.25) is 9.59 Å². The Bertz CT molecular complexity index is 533. The minimum atomic E-state index is -0.736. The molecule has 1 aliphatic heterocycles. The summed E-state index contributed by atoms with van der Waals surface area (Å²) in [5.74, 6) is 0.0264. The van der Waals surface area contributed by atoms with Crippen LogP contribution in [0.5, 0.6) is 5.75 Å². The van der Waals surface area contributed by atoms with E-state index in [1.807, 2.05) is 17.0 Å². The minimum Gasteiger partial charge on any atom is -0.497 e. The average molecular weight is 333 g/mol. The zero-order valence-electron chi connectivity index (χ0n) is 14.4. The first kappa shape index (κ1) is 18.3. The highest BCUT2D eigenvalue weighted by atomic mass is 16.5. The van der Waals surface area contributed by atoms with Crippen LogP contribution in [0.4, 0.5) is 0 Å². The zero-order chi connectivity index (χ0) is 17.4. The molecule has 5 heteroatoms. The van der Waals surface area contributed by atoms with Gasteiger partial charge in [-0.05, 0) is 49.8 Å². The van der Waals surface area contributed by atoms with E-state index in [9.17, 15) is 9.59 Å². The zero-order valence-corrected chi connectivity index (χ0v) is 14.4.